The van der Waals surface area contributed by atoms with Gasteiger partial charge in [0.15, 0.2) is 5.16 Å². The van der Waals surface area contributed by atoms with Crippen molar-refractivity contribution in [2.24, 2.45) is 0 Å². The van der Waals surface area contributed by atoms with E-state index < -0.39 is 11.2 Å². The van der Waals surface area contributed by atoms with E-state index in [1.54, 1.807) is 6.07 Å². The number of aromatic amines is 2. The van der Waals surface area contributed by atoms with E-state index in [4.69, 9.17) is 27.9 Å². The first-order valence-corrected chi connectivity index (χ1v) is 11.7. The minimum Gasteiger partial charge on any atom is -0.494 e. The Kier molecular flexibility index (Phi) is 7.22. The number of rotatable bonds is 8. The standard InChI is InChI=1S/C22H19Cl2N5O3S/c1-2-32-16-6-4-15(5-7-16)29-19(10-14-11-20(30)26-21(31)25-14)27-28-22(29)33-12-13-3-8-17(23)18(24)9-13/h3-9,11H,2,10,12H2,1H3,(H2,25,26,30,31). The molecule has 0 bridgehead atoms. The molecule has 0 unspecified atom stereocenters. The second-order valence-corrected chi connectivity index (χ2v) is 8.74. The van der Waals surface area contributed by atoms with Gasteiger partial charge in [0, 0.05) is 29.6 Å². The van der Waals surface area contributed by atoms with Crippen LogP contribution < -0.4 is 16.0 Å². The van der Waals surface area contributed by atoms with Gasteiger partial charge in [-0.3, -0.25) is 14.3 Å². The normalized spacial score (nSPS) is 11.0. The van der Waals surface area contributed by atoms with E-state index in [1.807, 2.05) is 47.9 Å². The molecule has 0 saturated carbocycles. The molecule has 0 saturated heterocycles. The largest absolute Gasteiger partial charge is 0.494 e. The second kappa shape index (κ2) is 10.3. The summed E-state index contributed by atoms with van der Waals surface area (Å²) in [6, 6.07) is 14.4. The Morgan fingerprint density at radius 1 is 1.00 bits per heavy atom. The minimum atomic E-state index is -0.571. The van der Waals surface area contributed by atoms with Crippen LogP contribution >= 0.6 is 35.0 Å². The molecule has 0 radical (unpaired) electrons. The van der Waals surface area contributed by atoms with E-state index in [-0.39, 0.29) is 6.42 Å². The first kappa shape index (κ1) is 23.2. The Morgan fingerprint density at radius 3 is 2.48 bits per heavy atom. The van der Waals surface area contributed by atoms with Crippen LogP contribution in [0.2, 0.25) is 10.0 Å². The van der Waals surface area contributed by atoms with Crippen molar-refractivity contribution in [3.05, 3.63) is 96.5 Å². The quantitative estimate of drug-likeness (QED) is 0.348. The number of halogens is 2. The van der Waals surface area contributed by atoms with Gasteiger partial charge in [-0.1, -0.05) is 41.0 Å². The molecule has 0 aliphatic rings. The smallest absolute Gasteiger partial charge is 0.325 e. The molecule has 4 aromatic rings. The van der Waals surface area contributed by atoms with Crippen molar-refractivity contribution in [1.82, 2.24) is 24.7 Å². The van der Waals surface area contributed by atoms with Crippen molar-refractivity contribution in [3.8, 4) is 11.4 Å². The molecule has 2 aromatic carbocycles. The third-order valence-corrected chi connectivity index (χ3v) is 6.36. The summed E-state index contributed by atoms with van der Waals surface area (Å²) >= 11 is 13.6. The first-order chi connectivity index (χ1) is 15.9. The summed E-state index contributed by atoms with van der Waals surface area (Å²) in [6.07, 6.45) is 0.215. The number of ether oxygens (including phenoxy) is 1. The molecule has 8 nitrogen and oxygen atoms in total. The highest BCUT2D eigenvalue weighted by Crippen LogP contribution is 2.29. The van der Waals surface area contributed by atoms with E-state index in [2.05, 4.69) is 20.2 Å². The van der Waals surface area contributed by atoms with Crippen molar-refractivity contribution in [2.45, 2.75) is 24.3 Å². The number of hydrogen-bond donors (Lipinski definition) is 2. The predicted octanol–water partition coefficient (Wildman–Crippen LogP) is 4.23. The lowest BCUT2D eigenvalue weighted by atomic mass is 10.2. The average Bonchev–Trinajstić information content (AvgIpc) is 3.17. The summed E-state index contributed by atoms with van der Waals surface area (Å²) in [4.78, 5) is 28.2. The van der Waals surface area contributed by atoms with Crippen molar-refractivity contribution >= 4 is 35.0 Å². The van der Waals surface area contributed by atoms with Crippen LogP contribution in [-0.2, 0) is 12.2 Å². The molecule has 2 heterocycles. The van der Waals surface area contributed by atoms with Crippen LogP contribution in [-0.4, -0.2) is 31.3 Å². The Labute approximate surface area is 202 Å². The fraction of sp³-hybridized carbons (Fsp3) is 0.182. The van der Waals surface area contributed by atoms with Gasteiger partial charge in [-0.15, -0.1) is 10.2 Å². The third kappa shape index (κ3) is 5.68. The lowest BCUT2D eigenvalue weighted by Crippen LogP contribution is -2.23. The number of H-pyrrole nitrogens is 2. The van der Waals surface area contributed by atoms with E-state index in [1.165, 1.54) is 17.8 Å². The van der Waals surface area contributed by atoms with Gasteiger partial charge in [-0.05, 0) is 48.9 Å². The summed E-state index contributed by atoms with van der Waals surface area (Å²) in [7, 11) is 0. The zero-order valence-electron chi connectivity index (χ0n) is 17.5. The van der Waals surface area contributed by atoms with E-state index in [0.29, 0.717) is 39.1 Å². The van der Waals surface area contributed by atoms with Crippen LogP contribution in [0.25, 0.3) is 5.69 Å². The highest BCUT2D eigenvalue weighted by Gasteiger charge is 2.16. The van der Waals surface area contributed by atoms with Gasteiger partial charge in [-0.2, -0.15) is 0 Å². The maximum absolute atomic E-state index is 11.7. The molecule has 0 aliphatic carbocycles. The highest BCUT2D eigenvalue weighted by atomic mass is 35.5. The molecule has 0 spiro atoms. The number of hydrogen-bond acceptors (Lipinski definition) is 6. The summed E-state index contributed by atoms with van der Waals surface area (Å²) in [6.45, 7) is 2.49. The van der Waals surface area contributed by atoms with Crippen LogP contribution in [0.3, 0.4) is 0 Å². The molecule has 4 rings (SSSR count). The van der Waals surface area contributed by atoms with E-state index in [9.17, 15) is 9.59 Å². The number of thioether (sulfide) groups is 1. The predicted molar refractivity (Wildman–Crippen MR) is 129 cm³/mol. The fourth-order valence-electron chi connectivity index (χ4n) is 3.19. The van der Waals surface area contributed by atoms with Crippen LogP contribution in [0, 0.1) is 0 Å². The average molecular weight is 504 g/mol. The van der Waals surface area contributed by atoms with Gasteiger partial charge in [0.2, 0.25) is 0 Å². The molecule has 33 heavy (non-hydrogen) atoms. The monoisotopic (exact) mass is 503 g/mol. The molecule has 0 aliphatic heterocycles. The van der Waals surface area contributed by atoms with Gasteiger partial charge in [0.1, 0.15) is 11.6 Å². The van der Waals surface area contributed by atoms with Crippen molar-refractivity contribution in [3.63, 3.8) is 0 Å². The summed E-state index contributed by atoms with van der Waals surface area (Å²) in [5, 5.41) is 10.3. The lowest BCUT2D eigenvalue weighted by Gasteiger charge is -2.11. The topological polar surface area (TPSA) is 106 Å². The zero-order chi connectivity index (χ0) is 23.4. The maximum Gasteiger partial charge on any atom is 0.325 e. The third-order valence-electron chi connectivity index (χ3n) is 4.62. The van der Waals surface area contributed by atoms with E-state index in [0.717, 1.165) is 17.0 Å². The number of benzene rings is 2. The summed E-state index contributed by atoms with van der Waals surface area (Å²) in [5.41, 5.74) is 1.19. The molecule has 0 amide bonds. The van der Waals surface area contributed by atoms with Crippen LogP contribution in [0.5, 0.6) is 5.75 Å². The molecular formula is C22H19Cl2N5O3S. The maximum atomic E-state index is 11.7. The lowest BCUT2D eigenvalue weighted by molar-refractivity contribution is 0.340. The Balaban J connectivity index is 1.68. The van der Waals surface area contributed by atoms with Crippen molar-refractivity contribution in [1.29, 1.82) is 0 Å². The van der Waals surface area contributed by atoms with Crippen molar-refractivity contribution in [2.75, 3.05) is 6.61 Å². The minimum absolute atomic E-state index is 0.215. The van der Waals surface area contributed by atoms with Crippen LogP contribution in [0.4, 0.5) is 0 Å². The number of aromatic nitrogens is 5. The number of nitrogens with one attached hydrogen (secondary N) is 2. The molecule has 2 aromatic heterocycles. The first-order valence-electron chi connectivity index (χ1n) is 9.99. The van der Waals surface area contributed by atoms with Crippen LogP contribution in [0.15, 0.2) is 63.3 Å². The molecule has 11 heteroatoms. The van der Waals surface area contributed by atoms with Gasteiger partial charge in [-0.25, -0.2) is 4.79 Å². The SMILES string of the molecule is CCOc1ccc(-n2c(Cc3cc(=O)[nH]c(=O)[nH]3)nnc2SCc2ccc(Cl)c(Cl)c2)cc1. The zero-order valence-corrected chi connectivity index (χ0v) is 19.8. The Bertz CT molecular complexity index is 1350. The van der Waals surface area contributed by atoms with Crippen molar-refractivity contribution < 1.29 is 4.74 Å². The van der Waals surface area contributed by atoms with Gasteiger partial charge in [0.25, 0.3) is 5.56 Å². The molecule has 170 valence electrons. The highest BCUT2D eigenvalue weighted by molar-refractivity contribution is 7.98. The van der Waals surface area contributed by atoms with Gasteiger partial charge in [0.05, 0.1) is 16.7 Å². The van der Waals surface area contributed by atoms with Gasteiger partial charge >= 0.3 is 5.69 Å². The molecule has 0 atom stereocenters. The fourth-order valence-corrected chi connectivity index (χ4v) is 4.42. The Morgan fingerprint density at radius 2 is 1.79 bits per heavy atom. The van der Waals surface area contributed by atoms with Gasteiger partial charge < -0.3 is 9.72 Å². The summed E-state index contributed by atoms with van der Waals surface area (Å²) < 4.78 is 7.43. The van der Waals surface area contributed by atoms with Crippen LogP contribution in [0.1, 0.15) is 24.0 Å². The molecular weight excluding hydrogens is 485 g/mol. The Hall–Kier alpha value is -3.01. The molecule has 0 fully saturated rings. The second-order valence-electron chi connectivity index (χ2n) is 6.99. The van der Waals surface area contributed by atoms with E-state index >= 15 is 0 Å². The number of nitrogens with zero attached hydrogens (tertiary/aromatic N) is 3. The summed E-state index contributed by atoms with van der Waals surface area (Å²) in [5.74, 6) is 1.91. The molecule has 2 N–H and O–H groups in total.